The molecule has 110 valence electrons. The maximum absolute atomic E-state index is 12.4. The Bertz CT molecular complexity index is 513. The number of nitrogens with two attached hydrogens (primary N) is 1. The Balaban J connectivity index is 2.04. The fraction of sp³-hybridized carbons (Fsp3) is 0.562. The summed E-state index contributed by atoms with van der Waals surface area (Å²) in [5.41, 5.74) is 8.56. The summed E-state index contributed by atoms with van der Waals surface area (Å²) < 4.78 is 1.02. The number of benzene rings is 1. The molecule has 20 heavy (non-hydrogen) atoms. The minimum Gasteiger partial charge on any atom is -0.341 e. The summed E-state index contributed by atoms with van der Waals surface area (Å²) in [6.45, 7) is 7.88. The molecule has 1 saturated heterocycles. The van der Waals surface area contributed by atoms with E-state index in [1.54, 1.807) is 0 Å². The summed E-state index contributed by atoms with van der Waals surface area (Å²) in [6, 6.07) is 6.13. The Hall–Kier alpha value is -0.870. The van der Waals surface area contributed by atoms with Gasteiger partial charge in [-0.15, -0.1) is 0 Å². The lowest BCUT2D eigenvalue weighted by Gasteiger charge is -2.42. The molecule has 4 heteroatoms. The Morgan fingerprint density at radius 1 is 1.50 bits per heavy atom. The second-order valence-electron chi connectivity index (χ2n) is 6.43. The van der Waals surface area contributed by atoms with Crippen LogP contribution in [0.4, 0.5) is 0 Å². The number of hydrogen-bond donors (Lipinski definition) is 1. The molecule has 0 aliphatic carbocycles. The highest BCUT2D eigenvalue weighted by Crippen LogP contribution is 2.29. The summed E-state index contributed by atoms with van der Waals surface area (Å²) in [4.78, 5) is 14.4. The predicted octanol–water partition coefficient (Wildman–Crippen LogP) is 2.89. The molecule has 0 spiro atoms. The lowest BCUT2D eigenvalue weighted by molar-refractivity contribution is -0.133. The van der Waals surface area contributed by atoms with E-state index in [1.165, 1.54) is 0 Å². The van der Waals surface area contributed by atoms with Crippen LogP contribution in [0.15, 0.2) is 22.7 Å². The zero-order valence-electron chi connectivity index (χ0n) is 12.4. The lowest BCUT2D eigenvalue weighted by atomic mass is 9.78. The first-order chi connectivity index (χ1) is 9.29. The van der Waals surface area contributed by atoms with Gasteiger partial charge in [0.25, 0.3) is 0 Å². The van der Waals surface area contributed by atoms with Crippen LogP contribution in [0.2, 0.25) is 0 Å². The van der Waals surface area contributed by atoms with Crippen LogP contribution in [0.5, 0.6) is 0 Å². The van der Waals surface area contributed by atoms with Crippen LogP contribution in [0.1, 0.15) is 31.4 Å². The highest BCUT2D eigenvalue weighted by atomic mass is 79.9. The molecule has 1 aromatic rings. The van der Waals surface area contributed by atoms with Gasteiger partial charge in [0.05, 0.1) is 6.42 Å². The van der Waals surface area contributed by atoms with Crippen molar-refractivity contribution < 1.29 is 4.79 Å². The first-order valence-electron chi connectivity index (χ1n) is 7.08. The smallest absolute Gasteiger partial charge is 0.227 e. The molecule has 1 heterocycles. The third-order valence-corrected chi connectivity index (χ3v) is 4.95. The second-order valence-corrected chi connectivity index (χ2v) is 7.35. The molecular weight excluding hydrogens is 316 g/mol. The molecule has 0 aromatic heterocycles. The number of halogens is 1. The fourth-order valence-corrected chi connectivity index (χ4v) is 2.92. The highest BCUT2D eigenvalue weighted by molar-refractivity contribution is 9.10. The number of hydrogen-bond acceptors (Lipinski definition) is 2. The third kappa shape index (κ3) is 3.41. The zero-order chi connectivity index (χ0) is 14.9. The van der Waals surface area contributed by atoms with E-state index in [4.69, 9.17) is 5.73 Å². The van der Waals surface area contributed by atoms with Gasteiger partial charge in [0.2, 0.25) is 5.91 Å². The van der Waals surface area contributed by atoms with Crippen molar-refractivity contribution in [1.82, 2.24) is 4.90 Å². The molecule has 1 atom stereocenters. The SMILES string of the molecule is Cc1ccc(Br)cc1CC(=O)N1CCC(C)(C)C(N)C1. The van der Waals surface area contributed by atoms with E-state index in [2.05, 4.69) is 29.8 Å². The van der Waals surface area contributed by atoms with Gasteiger partial charge in [-0.25, -0.2) is 0 Å². The number of amides is 1. The molecule has 1 aliphatic heterocycles. The summed E-state index contributed by atoms with van der Waals surface area (Å²) in [5.74, 6) is 0.178. The topological polar surface area (TPSA) is 46.3 Å². The molecule has 3 nitrogen and oxygen atoms in total. The number of carbonyl (C=O) groups is 1. The number of nitrogens with zero attached hydrogens (tertiary/aromatic N) is 1. The van der Waals surface area contributed by atoms with Crippen molar-refractivity contribution in [3.8, 4) is 0 Å². The molecule has 1 fully saturated rings. The summed E-state index contributed by atoms with van der Waals surface area (Å²) in [5, 5.41) is 0. The van der Waals surface area contributed by atoms with Gasteiger partial charge in [0, 0.05) is 23.6 Å². The van der Waals surface area contributed by atoms with Gasteiger partial charge < -0.3 is 10.6 Å². The Kier molecular flexibility index (Phi) is 4.55. The Morgan fingerprint density at radius 3 is 2.85 bits per heavy atom. The van der Waals surface area contributed by atoms with Gasteiger partial charge in [0.1, 0.15) is 0 Å². The van der Waals surface area contributed by atoms with Gasteiger partial charge in [-0.1, -0.05) is 35.8 Å². The highest BCUT2D eigenvalue weighted by Gasteiger charge is 2.34. The van der Waals surface area contributed by atoms with Crippen LogP contribution in [-0.2, 0) is 11.2 Å². The Labute approximate surface area is 129 Å². The zero-order valence-corrected chi connectivity index (χ0v) is 14.0. The normalized spacial score (nSPS) is 21.9. The Morgan fingerprint density at radius 2 is 2.20 bits per heavy atom. The van der Waals surface area contributed by atoms with E-state index in [0.29, 0.717) is 13.0 Å². The number of likely N-dealkylation sites (tertiary alicyclic amines) is 1. The van der Waals surface area contributed by atoms with E-state index < -0.39 is 0 Å². The summed E-state index contributed by atoms with van der Waals surface area (Å²) in [6.07, 6.45) is 1.43. The number of piperidine rings is 1. The quantitative estimate of drug-likeness (QED) is 0.901. The molecular formula is C16H23BrN2O. The van der Waals surface area contributed by atoms with Gasteiger partial charge in [0.15, 0.2) is 0 Å². The summed E-state index contributed by atoms with van der Waals surface area (Å²) >= 11 is 3.46. The van der Waals surface area contributed by atoms with Crippen LogP contribution < -0.4 is 5.73 Å². The molecule has 2 rings (SSSR count). The molecule has 1 unspecified atom stereocenters. The maximum Gasteiger partial charge on any atom is 0.227 e. The number of carbonyl (C=O) groups excluding carboxylic acids is 1. The van der Waals surface area contributed by atoms with Gasteiger partial charge >= 0.3 is 0 Å². The first kappa shape index (κ1) is 15.5. The van der Waals surface area contributed by atoms with Crippen LogP contribution in [0.25, 0.3) is 0 Å². The second kappa shape index (κ2) is 5.86. The van der Waals surface area contributed by atoms with Crippen LogP contribution >= 0.6 is 15.9 Å². The molecule has 1 amide bonds. The van der Waals surface area contributed by atoms with Crippen molar-refractivity contribution in [3.63, 3.8) is 0 Å². The van der Waals surface area contributed by atoms with Crippen LogP contribution in [-0.4, -0.2) is 29.9 Å². The lowest BCUT2D eigenvalue weighted by Crippen LogP contribution is -2.54. The minimum atomic E-state index is 0.0591. The van der Waals surface area contributed by atoms with Crippen molar-refractivity contribution in [3.05, 3.63) is 33.8 Å². The largest absolute Gasteiger partial charge is 0.341 e. The van der Waals surface area contributed by atoms with E-state index in [0.717, 1.165) is 28.6 Å². The van der Waals surface area contributed by atoms with E-state index in [-0.39, 0.29) is 17.4 Å². The van der Waals surface area contributed by atoms with Crippen molar-refractivity contribution >= 4 is 21.8 Å². The van der Waals surface area contributed by atoms with Gasteiger partial charge in [-0.2, -0.15) is 0 Å². The summed E-state index contributed by atoms with van der Waals surface area (Å²) in [7, 11) is 0. The molecule has 2 N–H and O–H groups in total. The van der Waals surface area contributed by atoms with Crippen molar-refractivity contribution in [1.29, 1.82) is 0 Å². The average molecular weight is 339 g/mol. The molecule has 0 bridgehead atoms. The first-order valence-corrected chi connectivity index (χ1v) is 7.87. The molecule has 0 saturated carbocycles. The standard InChI is InChI=1S/C16H23BrN2O/c1-11-4-5-13(17)8-12(11)9-15(20)19-7-6-16(2,3)14(18)10-19/h4-5,8,14H,6-7,9-10,18H2,1-3H3. The van der Waals surface area contributed by atoms with E-state index in [9.17, 15) is 4.79 Å². The monoisotopic (exact) mass is 338 g/mol. The van der Waals surface area contributed by atoms with Gasteiger partial charge in [-0.05, 0) is 42.0 Å². The number of rotatable bonds is 2. The van der Waals surface area contributed by atoms with Crippen LogP contribution in [0, 0.1) is 12.3 Å². The van der Waals surface area contributed by atoms with E-state index >= 15 is 0 Å². The number of aryl methyl sites for hydroxylation is 1. The fourth-order valence-electron chi connectivity index (χ4n) is 2.52. The predicted molar refractivity (Wildman–Crippen MR) is 85.5 cm³/mol. The maximum atomic E-state index is 12.4. The van der Waals surface area contributed by atoms with Crippen LogP contribution in [0.3, 0.4) is 0 Å². The minimum absolute atomic E-state index is 0.0591. The molecule has 0 radical (unpaired) electrons. The van der Waals surface area contributed by atoms with Crippen molar-refractivity contribution in [2.24, 2.45) is 11.1 Å². The third-order valence-electron chi connectivity index (χ3n) is 4.45. The van der Waals surface area contributed by atoms with Crippen molar-refractivity contribution in [2.75, 3.05) is 13.1 Å². The van der Waals surface area contributed by atoms with Gasteiger partial charge in [-0.3, -0.25) is 4.79 Å². The molecule has 1 aromatic carbocycles. The van der Waals surface area contributed by atoms with E-state index in [1.807, 2.05) is 30.0 Å². The molecule has 1 aliphatic rings. The average Bonchev–Trinajstić information content (AvgIpc) is 2.37. The van der Waals surface area contributed by atoms with Crippen molar-refractivity contribution in [2.45, 2.75) is 39.7 Å².